The number of hydrogen-bond acceptors (Lipinski definition) is 4. The molecule has 3 aliphatic rings. The minimum atomic E-state index is -3.71. The van der Waals surface area contributed by atoms with Crippen molar-refractivity contribution in [2.75, 3.05) is 19.6 Å². The van der Waals surface area contributed by atoms with Crippen molar-refractivity contribution in [3.05, 3.63) is 28.8 Å². The third-order valence-electron chi connectivity index (χ3n) is 4.31. The Hall–Kier alpha value is -1.13. The standard InChI is InChI=1S/C14H16ClN3O2S/c15-12-2-1-10(8-16)7-14(12)21(19,20)17-13-9-18-5-3-11(13)4-6-18/h1-2,7,11,13,17H,3-6,9H2. The molecule has 1 aromatic rings. The van der Waals surface area contributed by atoms with E-state index in [1.54, 1.807) is 0 Å². The summed E-state index contributed by atoms with van der Waals surface area (Å²) < 4.78 is 27.9. The monoisotopic (exact) mass is 325 g/mol. The van der Waals surface area contributed by atoms with Crippen LogP contribution in [0.15, 0.2) is 23.1 Å². The molecule has 0 aromatic heterocycles. The number of fused-ring (bicyclic) bond motifs is 3. The fourth-order valence-electron chi connectivity index (χ4n) is 3.14. The summed E-state index contributed by atoms with van der Waals surface area (Å²) in [4.78, 5) is 2.26. The maximum Gasteiger partial charge on any atom is 0.242 e. The summed E-state index contributed by atoms with van der Waals surface area (Å²) in [7, 11) is -3.71. The normalized spacial score (nSPS) is 28.3. The van der Waals surface area contributed by atoms with Gasteiger partial charge in [0.2, 0.25) is 10.0 Å². The van der Waals surface area contributed by atoms with Gasteiger partial charge in [0, 0.05) is 12.6 Å². The van der Waals surface area contributed by atoms with Gasteiger partial charge in [0.25, 0.3) is 0 Å². The highest BCUT2D eigenvalue weighted by atomic mass is 35.5. The van der Waals surface area contributed by atoms with E-state index in [1.807, 2.05) is 6.07 Å². The highest BCUT2D eigenvalue weighted by molar-refractivity contribution is 7.89. The molecular weight excluding hydrogens is 310 g/mol. The van der Waals surface area contributed by atoms with E-state index >= 15 is 0 Å². The van der Waals surface area contributed by atoms with Crippen LogP contribution in [0.3, 0.4) is 0 Å². The van der Waals surface area contributed by atoms with E-state index in [0.29, 0.717) is 5.92 Å². The molecule has 3 heterocycles. The summed E-state index contributed by atoms with van der Waals surface area (Å²) in [6.07, 6.45) is 2.05. The van der Waals surface area contributed by atoms with Gasteiger partial charge in [0.15, 0.2) is 0 Å². The molecular formula is C14H16ClN3O2S. The topological polar surface area (TPSA) is 73.2 Å². The van der Waals surface area contributed by atoms with Gasteiger partial charge in [-0.05, 0) is 50.0 Å². The van der Waals surface area contributed by atoms with E-state index in [-0.39, 0.29) is 21.5 Å². The van der Waals surface area contributed by atoms with E-state index in [0.717, 1.165) is 32.5 Å². The van der Waals surface area contributed by atoms with E-state index in [2.05, 4.69) is 9.62 Å². The van der Waals surface area contributed by atoms with Crippen LogP contribution in [-0.2, 0) is 10.0 Å². The molecule has 112 valence electrons. The molecule has 1 N–H and O–H groups in total. The predicted octanol–water partition coefficient (Wildman–Crippen LogP) is 1.58. The number of sulfonamides is 1. The zero-order valence-corrected chi connectivity index (χ0v) is 13.0. The number of hydrogen-bond donors (Lipinski definition) is 1. The lowest BCUT2D eigenvalue weighted by Gasteiger charge is -2.44. The van der Waals surface area contributed by atoms with Gasteiger partial charge in [-0.15, -0.1) is 0 Å². The average Bonchev–Trinajstić information content (AvgIpc) is 2.48. The minimum Gasteiger partial charge on any atom is -0.302 e. The van der Waals surface area contributed by atoms with Crippen LogP contribution in [0.4, 0.5) is 0 Å². The molecule has 1 unspecified atom stereocenters. The first kappa shape index (κ1) is 14.8. The second kappa shape index (κ2) is 5.58. The molecule has 3 aliphatic heterocycles. The van der Waals surface area contributed by atoms with Crippen molar-refractivity contribution < 1.29 is 8.42 Å². The SMILES string of the molecule is N#Cc1ccc(Cl)c(S(=O)(=O)NC2CN3CCC2CC3)c1. The fraction of sp³-hybridized carbons (Fsp3) is 0.500. The van der Waals surface area contributed by atoms with Crippen molar-refractivity contribution in [2.45, 2.75) is 23.8 Å². The van der Waals surface area contributed by atoms with Crippen molar-refractivity contribution in [3.8, 4) is 6.07 Å². The molecule has 4 rings (SSSR count). The maximum absolute atomic E-state index is 12.5. The highest BCUT2D eigenvalue weighted by Crippen LogP contribution is 2.29. The first-order chi connectivity index (χ1) is 9.99. The number of halogens is 1. The molecule has 2 bridgehead atoms. The molecule has 3 saturated heterocycles. The molecule has 0 aliphatic carbocycles. The zero-order chi connectivity index (χ0) is 15.0. The maximum atomic E-state index is 12.5. The lowest BCUT2D eigenvalue weighted by atomic mass is 9.85. The van der Waals surface area contributed by atoms with Gasteiger partial charge in [-0.3, -0.25) is 0 Å². The Bertz CT molecular complexity index is 691. The molecule has 0 radical (unpaired) electrons. The summed E-state index contributed by atoms with van der Waals surface area (Å²) in [5.74, 6) is 0.391. The summed E-state index contributed by atoms with van der Waals surface area (Å²) in [6, 6.07) is 6.15. The molecule has 1 aromatic carbocycles. The van der Waals surface area contributed by atoms with Crippen LogP contribution < -0.4 is 4.72 Å². The predicted molar refractivity (Wildman–Crippen MR) is 79.4 cm³/mol. The van der Waals surface area contributed by atoms with E-state index in [1.165, 1.54) is 18.2 Å². The third-order valence-corrected chi connectivity index (χ3v) is 6.28. The summed E-state index contributed by atoms with van der Waals surface area (Å²) in [5.41, 5.74) is 0.286. The molecule has 0 amide bonds. The van der Waals surface area contributed by atoms with Crippen LogP contribution in [0.1, 0.15) is 18.4 Å². The molecule has 0 saturated carbocycles. The fourth-order valence-corrected chi connectivity index (χ4v) is 4.96. The Morgan fingerprint density at radius 3 is 2.62 bits per heavy atom. The van der Waals surface area contributed by atoms with Crippen LogP contribution in [0.25, 0.3) is 0 Å². The van der Waals surface area contributed by atoms with Gasteiger partial charge in [0.05, 0.1) is 16.7 Å². The second-order valence-corrected chi connectivity index (χ2v) is 7.71. The molecule has 3 fully saturated rings. The van der Waals surface area contributed by atoms with E-state index < -0.39 is 10.0 Å². The Labute approximate surface area is 129 Å². The Kier molecular flexibility index (Phi) is 3.93. The Morgan fingerprint density at radius 1 is 1.33 bits per heavy atom. The summed E-state index contributed by atoms with van der Waals surface area (Å²) in [6.45, 7) is 2.85. The largest absolute Gasteiger partial charge is 0.302 e. The van der Waals surface area contributed by atoms with E-state index in [4.69, 9.17) is 16.9 Å². The van der Waals surface area contributed by atoms with Gasteiger partial charge < -0.3 is 4.90 Å². The molecule has 7 heteroatoms. The van der Waals surface area contributed by atoms with Crippen molar-refractivity contribution in [2.24, 2.45) is 5.92 Å². The third kappa shape index (κ3) is 2.92. The van der Waals surface area contributed by atoms with Gasteiger partial charge in [0.1, 0.15) is 4.90 Å². The lowest BCUT2D eigenvalue weighted by molar-refractivity contribution is 0.0827. The Balaban J connectivity index is 1.86. The van der Waals surface area contributed by atoms with Gasteiger partial charge >= 0.3 is 0 Å². The van der Waals surface area contributed by atoms with E-state index in [9.17, 15) is 8.42 Å². The smallest absolute Gasteiger partial charge is 0.242 e. The zero-order valence-electron chi connectivity index (χ0n) is 11.4. The molecule has 5 nitrogen and oxygen atoms in total. The molecule has 1 atom stereocenters. The number of nitrogens with one attached hydrogen (secondary N) is 1. The van der Waals surface area contributed by atoms with Crippen molar-refractivity contribution >= 4 is 21.6 Å². The van der Waals surface area contributed by atoms with Crippen LogP contribution in [-0.4, -0.2) is 39.0 Å². The van der Waals surface area contributed by atoms with Gasteiger partial charge in [-0.2, -0.15) is 5.26 Å². The highest BCUT2D eigenvalue weighted by Gasteiger charge is 2.36. The number of nitriles is 1. The number of benzene rings is 1. The van der Waals surface area contributed by atoms with Gasteiger partial charge in [-0.1, -0.05) is 11.6 Å². The molecule has 0 spiro atoms. The first-order valence-corrected chi connectivity index (χ1v) is 8.80. The molecule has 21 heavy (non-hydrogen) atoms. The number of rotatable bonds is 3. The quantitative estimate of drug-likeness (QED) is 0.915. The Morgan fingerprint density at radius 2 is 2.05 bits per heavy atom. The van der Waals surface area contributed by atoms with Crippen LogP contribution in [0.2, 0.25) is 5.02 Å². The van der Waals surface area contributed by atoms with Crippen LogP contribution in [0, 0.1) is 17.2 Å². The average molecular weight is 326 g/mol. The van der Waals surface area contributed by atoms with Crippen LogP contribution >= 0.6 is 11.6 Å². The van der Waals surface area contributed by atoms with Crippen molar-refractivity contribution in [1.29, 1.82) is 5.26 Å². The summed E-state index contributed by atoms with van der Waals surface area (Å²) >= 11 is 6.00. The van der Waals surface area contributed by atoms with Gasteiger partial charge in [-0.25, -0.2) is 13.1 Å². The number of nitrogens with zero attached hydrogens (tertiary/aromatic N) is 2. The lowest BCUT2D eigenvalue weighted by Crippen LogP contribution is -2.57. The minimum absolute atomic E-state index is 0.0142. The summed E-state index contributed by atoms with van der Waals surface area (Å²) in [5, 5.41) is 9.05. The second-order valence-electron chi connectivity index (χ2n) is 5.62. The first-order valence-electron chi connectivity index (χ1n) is 6.94. The van der Waals surface area contributed by atoms with Crippen LogP contribution in [0.5, 0.6) is 0 Å². The number of piperidine rings is 3. The van der Waals surface area contributed by atoms with Crippen molar-refractivity contribution in [1.82, 2.24) is 9.62 Å². The van der Waals surface area contributed by atoms with Crippen molar-refractivity contribution in [3.63, 3.8) is 0 Å².